The van der Waals surface area contributed by atoms with E-state index >= 15 is 0 Å². The topological polar surface area (TPSA) is 23.6 Å². The second-order valence-corrected chi connectivity index (χ2v) is 13.6. The zero-order chi connectivity index (χ0) is 34.3. The van der Waals surface area contributed by atoms with Crippen molar-refractivity contribution in [3.8, 4) is 55.6 Å². The van der Waals surface area contributed by atoms with Gasteiger partial charge in [-0.25, -0.2) is 0 Å². The molecule has 0 N–H and O–H groups in total. The first kappa shape index (κ1) is 28.8. The fourth-order valence-electron chi connectivity index (χ4n) is 8.64. The molecule has 8 aromatic rings. The number of anilines is 6. The van der Waals surface area contributed by atoms with Crippen LogP contribution in [0.5, 0.6) is 0 Å². The first-order valence-corrected chi connectivity index (χ1v) is 17.7. The maximum absolute atomic E-state index is 14.6. The summed E-state index contributed by atoms with van der Waals surface area (Å²) in [6.45, 7) is 0. The van der Waals surface area contributed by atoms with Gasteiger partial charge in [0, 0.05) is 44.8 Å². The second-order valence-electron chi connectivity index (χ2n) is 13.6. The molecule has 2 heterocycles. The Kier molecular flexibility index (Phi) is 6.11. The zero-order valence-electron chi connectivity index (χ0n) is 28.1. The van der Waals surface area contributed by atoms with E-state index in [1.807, 2.05) is 0 Å². The minimum atomic E-state index is 0.0491. The van der Waals surface area contributed by atoms with Crippen molar-refractivity contribution < 1.29 is 4.79 Å². The third-order valence-electron chi connectivity index (χ3n) is 10.9. The average molecular weight is 663 g/mol. The molecule has 0 bridgehead atoms. The van der Waals surface area contributed by atoms with Gasteiger partial charge in [-0.2, -0.15) is 0 Å². The van der Waals surface area contributed by atoms with Gasteiger partial charge in [-0.15, -0.1) is 0 Å². The molecule has 3 heteroatoms. The number of hydrogen-bond donors (Lipinski definition) is 0. The van der Waals surface area contributed by atoms with Gasteiger partial charge in [0.15, 0.2) is 5.78 Å². The van der Waals surface area contributed by atoms with Crippen LogP contribution in [0.1, 0.15) is 15.9 Å². The van der Waals surface area contributed by atoms with Crippen molar-refractivity contribution in [2.45, 2.75) is 0 Å². The number of ketones is 1. The van der Waals surface area contributed by atoms with E-state index in [-0.39, 0.29) is 5.78 Å². The van der Waals surface area contributed by atoms with E-state index in [0.29, 0.717) is 0 Å². The fraction of sp³-hybridized carbons (Fsp3) is 0. The molecule has 11 rings (SSSR count). The van der Waals surface area contributed by atoms with Gasteiger partial charge in [-0.1, -0.05) is 133 Å². The van der Waals surface area contributed by atoms with Crippen molar-refractivity contribution in [1.29, 1.82) is 0 Å². The highest BCUT2D eigenvalue weighted by molar-refractivity contribution is 6.23. The highest BCUT2D eigenvalue weighted by Crippen LogP contribution is 2.53. The number of para-hydroxylation sites is 4. The largest absolute Gasteiger partial charge is 0.309 e. The smallest absolute Gasteiger partial charge is 0.194 e. The van der Waals surface area contributed by atoms with E-state index in [9.17, 15) is 4.79 Å². The summed E-state index contributed by atoms with van der Waals surface area (Å²) in [4.78, 5) is 19.2. The molecule has 0 unspecified atom stereocenters. The van der Waals surface area contributed by atoms with Crippen molar-refractivity contribution in [2.75, 3.05) is 9.80 Å². The Morgan fingerprint density at radius 2 is 0.500 bits per heavy atom. The highest BCUT2D eigenvalue weighted by atomic mass is 16.1. The molecule has 0 amide bonds. The van der Waals surface area contributed by atoms with Gasteiger partial charge in [0.1, 0.15) is 0 Å². The van der Waals surface area contributed by atoms with Gasteiger partial charge in [0.2, 0.25) is 0 Å². The minimum Gasteiger partial charge on any atom is -0.309 e. The van der Waals surface area contributed by atoms with Gasteiger partial charge in [-0.05, 0) is 81.9 Å². The van der Waals surface area contributed by atoms with Crippen molar-refractivity contribution in [3.05, 3.63) is 193 Å². The summed E-state index contributed by atoms with van der Waals surface area (Å²) in [5.41, 5.74) is 19.1. The number of fused-ring (bicyclic) bond motifs is 13. The summed E-state index contributed by atoms with van der Waals surface area (Å²) in [5.74, 6) is 0.0491. The molecule has 1 aliphatic carbocycles. The highest BCUT2D eigenvalue weighted by Gasteiger charge is 2.32. The maximum atomic E-state index is 14.6. The van der Waals surface area contributed by atoms with Gasteiger partial charge < -0.3 is 9.80 Å². The summed E-state index contributed by atoms with van der Waals surface area (Å²) in [6, 6.07) is 64.3. The molecule has 0 atom stereocenters. The van der Waals surface area contributed by atoms with Crippen LogP contribution in [0.25, 0.3) is 55.6 Å². The molecule has 0 fully saturated rings. The van der Waals surface area contributed by atoms with Gasteiger partial charge >= 0.3 is 0 Å². The van der Waals surface area contributed by atoms with E-state index in [4.69, 9.17) is 0 Å². The molecule has 2 aliphatic heterocycles. The summed E-state index contributed by atoms with van der Waals surface area (Å²) in [6.07, 6.45) is 0. The Hall–Kier alpha value is -6.97. The Morgan fingerprint density at radius 1 is 0.250 bits per heavy atom. The van der Waals surface area contributed by atoms with Crippen molar-refractivity contribution >= 4 is 39.9 Å². The van der Waals surface area contributed by atoms with Crippen LogP contribution in [0.3, 0.4) is 0 Å². The zero-order valence-corrected chi connectivity index (χ0v) is 28.1. The predicted molar refractivity (Wildman–Crippen MR) is 214 cm³/mol. The van der Waals surface area contributed by atoms with Crippen molar-refractivity contribution in [3.63, 3.8) is 0 Å². The first-order valence-electron chi connectivity index (χ1n) is 17.7. The van der Waals surface area contributed by atoms with Gasteiger partial charge in [-0.3, -0.25) is 4.79 Å². The molecule has 0 aromatic heterocycles. The number of benzene rings is 8. The molecule has 0 saturated carbocycles. The summed E-state index contributed by atoms with van der Waals surface area (Å²) in [5, 5.41) is 0. The third kappa shape index (κ3) is 4.05. The van der Waals surface area contributed by atoms with Crippen LogP contribution in [0.2, 0.25) is 0 Å². The number of carbonyl (C=O) groups excluding carboxylic acids is 1. The van der Waals surface area contributed by atoms with Crippen LogP contribution in [0, 0.1) is 0 Å². The lowest BCUT2D eigenvalue weighted by Crippen LogP contribution is -2.12. The van der Waals surface area contributed by atoms with Gasteiger partial charge in [0.25, 0.3) is 0 Å². The van der Waals surface area contributed by atoms with Crippen molar-refractivity contribution in [1.82, 2.24) is 0 Å². The molecule has 0 saturated heterocycles. The second kappa shape index (κ2) is 11.0. The molecular weight excluding hydrogens is 633 g/mol. The molecule has 242 valence electrons. The third-order valence-corrected chi connectivity index (χ3v) is 10.9. The number of nitrogens with zero attached hydrogens (tertiary/aromatic N) is 2. The summed E-state index contributed by atoms with van der Waals surface area (Å²) < 4.78 is 0. The monoisotopic (exact) mass is 662 g/mol. The Bertz CT molecular complexity index is 2470. The first-order chi connectivity index (χ1) is 25.7. The molecule has 3 aliphatic rings. The maximum Gasteiger partial charge on any atom is 0.194 e. The van der Waals surface area contributed by atoms with E-state index < -0.39 is 0 Å². The predicted octanol–water partition coefficient (Wildman–Crippen LogP) is 13.1. The Morgan fingerprint density at radius 3 is 0.808 bits per heavy atom. The van der Waals surface area contributed by atoms with E-state index in [1.54, 1.807) is 0 Å². The van der Waals surface area contributed by atoms with Crippen molar-refractivity contribution in [2.24, 2.45) is 0 Å². The lowest BCUT2D eigenvalue weighted by atomic mass is 9.95. The number of carbonyl (C=O) groups is 1. The Labute approximate surface area is 302 Å². The van der Waals surface area contributed by atoms with E-state index in [1.165, 1.54) is 22.3 Å². The van der Waals surface area contributed by atoms with E-state index in [2.05, 4.69) is 192 Å². The van der Waals surface area contributed by atoms with E-state index in [0.717, 1.165) is 78.6 Å². The molecule has 3 nitrogen and oxygen atoms in total. The lowest BCUT2D eigenvalue weighted by molar-refractivity contribution is 0.104. The van der Waals surface area contributed by atoms with Crippen LogP contribution >= 0.6 is 0 Å². The molecule has 0 radical (unpaired) electrons. The van der Waals surface area contributed by atoms with Crippen LogP contribution in [-0.4, -0.2) is 5.78 Å². The van der Waals surface area contributed by atoms with Crippen LogP contribution in [-0.2, 0) is 0 Å². The lowest BCUT2D eigenvalue weighted by Gasteiger charge is -2.27. The average Bonchev–Trinajstić information content (AvgIpc) is 3.33. The number of hydrogen-bond acceptors (Lipinski definition) is 3. The fourth-order valence-corrected chi connectivity index (χ4v) is 8.64. The summed E-state index contributed by atoms with van der Waals surface area (Å²) >= 11 is 0. The van der Waals surface area contributed by atoms with Crippen LogP contribution in [0.4, 0.5) is 34.1 Å². The minimum absolute atomic E-state index is 0.0491. The SMILES string of the molecule is O=C1c2cc(N3c4ccccc4-c4ccccc4-c4ccccc43)ccc2-c2ccc(N3c4ccccc4-c4ccccc4-c4ccccc43)cc21. The summed E-state index contributed by atoms with van der Waals surface area (Å²) in [7, 11) is 0. The molecule has 0 spiro atoms. The number of rotatable bonds is 2. The molecule has 52 heavy (non-hydrogen) atoms. The molecule has 8 aromatic carbocycles. The quantitative estimate of drug-likeness (QED) is 0.184. The normalized spacial score (nSPS) is 13.0. The van der Waals surface area contributed by atoms with Crippen LogP contribution < -0.4 is 9.80 Å². The van der Waals surface area contributed by atoms with Crippen LogP contribution in [0.15, 0.2) is 182 Å². The molecular formula is C49H30N2O. The van der Waals surface area contributed by atoms with Gasteiger partial charge in [0.05, 0.1) is 22.7 Å². The standard InChI is InChI=1S/C49H30N2O/c52-49-43-29-31(50-45-21-9-5-17-39(45)33-13-1-2-14-34(33)40-18-6-10-22-46(40)50)25-27-37(43)38-28-26-32(30-44(38)49)51-47-23-11-7-19-41(47)35-15-3-4-16-36(35)42-20-8-12-24-48(42)51/h1-30H. The Balaban J connectivity index is 1.06.